The largest absolute Gasteiger partial charge is 0.497 e. The second kappa shape index (κ2) is 6.25. The molecule has 0 radical (unpaired) electrons. The molecule has 126 valence electrons. The minimum atomic E-state index is -0.469. The van der Waals surface area contributed by atoms with Crippen LogP contribution >= 0.6 is 0 Å². The van der Waals surface area contributed by atoms with Crippen molar-refractivity contribution in [2.24, 2.45) is 11.6 Å². The predicted molar refractivity (Wildman–Crippen MR) is 88.7 cm³/mol. The highest BCUT2D eigenvalue weighted by molar-refractivity contribution is 5.89. The number of carbonyl (C=O) groups excluding carboxylic acids is 1. The van der Waals surface area contributed by atoms with Crippen LogP contribution in [0.25, 0.3) is 5.69 Å². The quantitative estimate of drug-likeness (QED) is 0.641. The summed E-state index contributed by atoms with van der Waals surface area (Å²) in [4.78, 5) is 16.4. The molecule has 1 aromatic carbocycles. The molecule has 0 aliphatic carbocycles. The topological polar surface area (TPSA) is 109 Å². The van der Waals surface area contributed by atoms with Gasteiger partial charge in [-0.1, -0.05) is 0 Å². The Labute approximate surface area is 139 Å². The maximum atomic E-state index is 12.2. The molecule has 0 fully saturated rings. The fourth-order valence-electron chi connectivity index (χ4n) is 2.70. The molecule has 0 saturated heterocycles. The summed E-state index contributed by atoms with van der Waals surface area (Å²) in [5.41, 5.74) is 8.77. The Balaban J connectivity index is 2.21. The summed E-state index contributed by atoms with van der Waals surface area (Å²) >= 11 is 0. The Hall–Kier alpha value is -3.00. The molecular formula is C16H19N5O3. The van der Waals surface area contributed by atoms with E-state index in [4.69, 9.17) is 21.1 Å². The van der Waals surface area contributed by atoms with Crippen LogP contribution < -0.4 is 21.3 Å². The molecule has 1 aromatic heterocycles. The van der Waals surface area contributed by atoms with Crippen LogP contribution in [0.1, 0.15) is 23.1 Å². The number of nitrogens with two attached hydrogens (primary N) is 2. The molecule has 4 N–H and O–H groups in total. The average Bonchev–Trinajstić information content (AvgIpc) is 2.97. The first-order chi connectivity index (χ1) is 11.6. The monoisotopic (exact) mass is 329 g/mol. The second-order valence-corrected chi connectivity index (χ2v) is 5.19. The number of rotatable bonds is 3. The van der Waals surface area contributed by atoms with Gasteiger partial charge in [-0.3, -0.25) is 9.58 Å². The predicted octanol–water partition coefficient (Wildman–Crippen LogP) is 1.09. The summed E-state index contributed by atoms with van der Waals surface area (Å²) in [6.07, 6.45) is 3.35. The molecule has 0 amide bonds. The summed E-state index contributed by atoms with van der Waals surface area (Å²) in [6, 6.07) is 5.48. The highest BCUT2D eigenvalue weighted by Crippen LogP contribution is 2.35. The third-order valence-electron chi connectivity index (χ3n) is 3.89. The average molecular weight is 329 g/mol. The smallest absolute Gasteiger partial charge is 0.358 e. The van der Waals surface area contributed by atoms with E-state index in [-0.39, 0.29) is 12.3 Å². The Bertz CT molecular complexity index is 812. The summed E-state index contributed by atoms with van der Waals surface area (Å²) < 4.78 is 12.2. The number of fused-ring (bicyclic) bond motifs is 3. The van der Waals surface area contributed by atoms with Crippen LogP contribution in [0.4, 0.5) is 5.69 Å². The van der Waals surface area contributed by atoms with Crippen molar-refractivity contribution in [1.29, 1.82) is 0 Å². The highest BCUT2D eigenvalue weighted by Gasteiger charge is 2.27. The van der Waals surface area contributed by atoms with E-state index >= 15 is 0 Å². The van der Waals surface area contributed by atoms with Gasteiger partial charge in [-0.2, -0.15) is 0 Å². The number of anilines is 1. The van der Waals surface area contributed by atoms with Crippen LogP contribution in [-0.2, 0) is 11.2 Å². The van der Waals surface area contributed by atoms with E-state index in [2.05, 4.69) is 4.98 Å². The summed E-state index contributed by atoms with van der Waals surface area (Å²) in [5, 5.41) is 1.49. The highest BCUT2D eigenvalue weighted by atomic mass is 16.5. The zero-order chi connectivity index (χ0) is 17.3. The zero-order valence-corrected chi connectivity index (χ0v) is 13.5. The lowest BCUT2D eigenvalue weighted by molar-refractivity contribution is 0.0519. The van der Waals surface area contributed by atoms with Gasteiger partial charge < -0.3 is 15.2 Å². The normalized spacial score (nSPS) is 14.8. The number of carbonyl (C=O) groups is 1. The van der Waals surface area contributed by atoms with Crippen molar-refractivity contribution in [3.8, 4) is 11.4 Å². The molecular weight excluding hydrogens is 310 g/mol. The molecule has 2 aromatic rings. The van der Waals surface area contributed by atoms with Crippen molar-refractivity contribution in [2.45, 2.75) is 13.3 Å². The van der Waals surface area contributed by atoms with Gasteiger partial charge in [0.1, 0.15) is 12.1 Å². The van der Waals surface area contributed by atoms with Gasteiger partial charge in [-0.25, -0.2) is 15.6 Å². The zero-order valence-electron chi connectivity index (χ0n) is 13.5. The number of imidazole rings is 1. The Morgan fingerprint density at radius 1 is 1.42 bits per heavy atom. The van der Waals surface area contributed by atoms with Gasteiger partial charge in [0, 0.05) is 18.7 Å². The van der Waals surface area contributed by atoms with Crippen LogP contribution in [0.2, 0.25) is 0 Å². The molecule has 0 atom stereocenters. The van der Waals surface area contributed by atoms with Crippen LogP contribution in [0.5, 0.6) is 5.75 Å². The summed E-state index contributed by atoms with van der Waals surface area (Å²) in [7, 11) is 1.58. The van der Waals surface area contributed by atoms with E-state index in [0.717, 1.165) is 5.69 Å². The maximum Gasteiger partial charge on any atom is 0.358 e. The molecule has 0 saturated carbocycles. The van der Waals surface area contributed by atoms with Gasteiger partial charge in [0.25, 0.3) is 0 Å². The maximum absolute atomic E-state index is 12.2. The molecule has 24 heavy (non-hydrogen) atoms. The minimum Gasteiger partial charge on any atom is -0.497 e. The molecule has 1 aliphatic rings. The Morgan fingerprint density at radius 2 is 2.21 bits per heavy atom. The van der Waals surface area contributed by atoms with Crippen LogP contribution in [-0.4, -0.2) is 29.2 Å². The molecule has 8 heteroatoms. The van der Waals surface area contributed by atoms with Gasteiger partial charge in [-0.15, -0.1) is 0 Å². The standard InChI is InChI=1S/C16H19N5O3/c1-3-24-16(22)15-14-6-10(8-17)21(18)13-7-11(23-2)4-5-12(13)20(14)9-19-15/h4-5,7-9H,3,6,17-18H2,1-2H3/b10-8-. The Morgan fingerprint density at radius 3 is 2.88 bits per heavy atom. The molecule has 2 heterocycles. The second-order valence-electron chi connectivity index (χ2n) is 5.19. The van der Waals surface area contributed by atoms with Gasteiger partial charge >= 0.3 is 5.97 Å². The molecule has 3 rings (SSSR count). The van der Waals surface area contributed by atoms with Crippen molar-refractivity contribution in [2.75, 3.05) is 18.7 Å². The van der Waals surface area contributed by atoms with Crippen LogP contribution in [0.15, 0.2) is 36.4 Å². The van der Waals surface area contributed by atoms with Gasteiger partial charge in [0.15, 0.2) is 5.69 Å². The third kappa shape index (κ3) is 2.46. The van der Waals surface area contributed by atoms with E-state index in [0.29, 0.717) is 29.2 Å². The molecule has 0 spiro atoms. The number of ether oxygens (including phenoxy) is 2. The van der Waals surface area contributed by atoms with E-state index < -0.39 is 5.97 Å². The number of nitrogens with zero attached hydrogens (tertiary/aromatic N) is 3. The first-order valence-electron chi connectivity index (χ1n) is 7.48. The van der Waals surface area contributed by atoms with E-state index in [1.165, 1.54) is 11.2 Å². The van der Waals surface area contributed by atoms with Crippen molar-refractivity contribution >= 4 is 11.7 Å². The number of hydrazine groups is 1. The van der Waals surface area contributed by atoms with Gasteiger partial charge in [-0.05, 0) is 19.1 Å². The summed E-state index contributed by atoms with van der Waals surface area (Å²) in [6.45, 7) is 2.03. The molecule has 0 unspecified atom stereocenters. The lowest BCUT2D eigenvalue weighted by Crippen LogP contribution is -2.31. The lowest BCUT2D eigenvalue weighted by atomic mass is 10.2. The van der Waals surface area contributed by atoms with E-state index in [1.807, 2.05) is 16.7 Å². The van der Waals surface area contributed by atoms with E-state index in [9.17, 15) is 4.79 Å². The Kier molecular flexibility index (Phi) is 4.13. The number of allylic oxidation sites excluding steroid dienone is 1. The molecule has 8 nitrogen and oxygen atoms in total. The fraction of sp³-hybridized carbons (Fsp3) is 0.250. The number of benzene rings is 1. The van der Waals surface area contributed by atoms with Crippen molar-refractivity contribution in [3.05, 3.63) is 47.8 Å². The minimum absolute atomic E-state index is 0.258. The number of esters is 1. The van der Waals surface area contributed by atoms with Gasteiger partial charge in [0.05, 0.1) is 36.5 Å². The van der Waals surface area contributed by atoms with Crippen LogP contribution in [0.3, 0.4) is 0 Å². The number of hydrogen-bond acceptors (Lipinski definition) is 7. The number of methoxy groups -OCH3 is 1. The first kappa shape index (κ1) is 15.9. The fourth-order valence-corrected chi connectivity index (χ4v) is 2.70. The molecule has 1 aliphatic heterocycles. The first-order valence-corrected chi connectivity index (χ1v) is 7.48. The van der Waals surface area contributed by atoms with Gasteiger partial charge in [0.2, 0.25) is 0 Å². The molecule has 0 bridgehead atoms. The van der Waals surface area contributed by atoms with E-state index in [1.54, 1.807) is 26.4 Å². The SMILES string of the molecule is CCOC(=O)c1ncn2c1C/C(=C/N)N(N)c1cc(OC)ccc1-2. The lowest BCUT2D eigenvalue weighted by Gasteiger charge is -2.21. The number of hydrogen-bond donors (Lipinski definition) is 2. The van der Waals surface area contributed by atoms with Crippen LogP contribution in [0, 0.1) is 0 Å². The van der Waals surface area contributed by atoms with Crippen molar-refractivity contribution < 1.29 is 14.3 Å². The third-order valence-corrected chi connectivity index (χ3v) is 3.89. The number of aromatic nitrogens is 2. The van der Waals surface area contributed by atoms with Crippen molar-refractivity contribution in [1.82, 2.24) is 9.55 Å². The summed E-state index contributed by atoms with van der Waals surface area (Å²) in [5.74, 6) is 6.42. The van der Waals surface area contributed by atoms with Crippen molar-refractivity contribution in [3.63, 3.8) is 0 Å².